The highest BCUT2D eigenvalue weighted by molar-refractivity contribution is 7.91. The standard InChI is InChI=1S/C17H28N4O3S/c1-13-14(2)21(12-19-13)9-6-18-17(22)15-3-7-20(8-4-15)16-5-10-25(23,24)11-16/h12,15-16H,3-11H2,1-2H3,(H,18,22)/t16-/m0/s1. The Balaban J connectivity index is 1.40. The predicted molar refractivity (Wildman–Crippen MR) is 96.1 cm³/mol. The number of nitrogens with zero attached hydrogens (tertiary/aromatic N) is 3. The van der Waals surface area contributed by atoms with E-state index in [2.05, 4.69) is 19.8 Å². The molecule has 0 aromatic carbocycles. The number of hydrogen-bond donors (Lipinski definition) is 1. The fourth-order valence-electron chi connectivity index (χ4n) is 3.80. The highest BCUT2D eigenvalue weighted by Crippen LogP contribution is 2.24. The first kappa shape index (κ1) is 18.4. The molecule has 2 fully saturated rings. The van der Waals surface area contributed by atoms with Gasteiger partial charge in [-0.1, -0.05) is 0 Å². The summed E-state index contributed by atoms with van der Waals surface area (Å²) in [6, 6.07) is 0.154. The van der Waals surface area contributed by atoms with Gasteiger partial charge in [0.05, 0.1) is 23.5 Å². The van der Waals surface area contributed by atoms with Gasteiger partial charge in [0.25, 0.3) is 0 Å². The minimum Gasteiger partial charge on any atom is -0.354 e. The molecular weight excluding hydrogens is 340 g/mol. The smallest absolute Gasteiger partial charge is 0.223 e. The Bertz CT molecular complexity index is 720. The van der Waals surface area contributed by atoms with Gasteiger partial charge in [-0.2, -0.15) is 0 Å². The molecule has 1 aromatic heterocycles. The van der Waals surface area contributed by atoms with Crippen LogP contribution in [0.4, 0.5) is 0 Å². The van der Waals surface area contributed by atoms with Crippen molar-refractivity contribution in [1.29, 1.82) is 0 Å². The Morgan fingerprint density at radius 2 is 2.00 bits per heavy atom. The Kier molecular flexibility index (Phi) is 5.48. The molecule has 0 aliphatic carbocycles. The van der Waals surface area contributed by atoms with Gasteiger partial charge in [0, 0.05) is 30.7 Å². The van der Waals surface area contributed by atoms with Gasteiger partial charge in [0.2, 0.25) is 5.91 Å². The summed E-state index contributed by atoms with van der Waals surface area (Å²) in [5.41, 5.74) is 2.15. The molecule has 8 heteroatoms. The van der Waals surface area contributed by atoms with Crippen LogP contribution in [-0.4, -0.2) is 66.0 Å². The third-order valence-corrected chi connectivity index (χ3v) is 7.37. The maximum atomic E-state index is 12.4. The maximum Gasteiger partial charge on any atom is 0.223 e. The highest BCUT2D eigenvalue weighted by Gasteiger charge is 2.35. The largest absolute Gasteiger partial charge is 0.354 e. The fraction of sp³-hybridized carbons (Fsp3) is 0.765. The lowest BCUT2D eigenvalue weighted by atomic mass is 9.94. The van der Waals surface area contributed by atoms with Crippen molar-refractivity contribution in [3.63, 3.8) is 0 Å². The molecule has 3 rings (SSSR count). The van der Waals surface area contributed by atoms with E-state index < -0.39 is 9.84 Å². The van der Waals surface area contributed by atoms with Gasteiger partial charge >= 0.3 is 0 Å². The second-order valence-corrected chi connectivity index (χ2v) is 9.50. The van der Waals surface area contributed by atoms with Crippen molar-refractivity contribution in [2.75, 3.05) is 31.1 Å². The predicted octanol–water partition coefficient (Wildman–Crippen LogP) is 0.515. The molecule has 1 aromatic rings. The van der Waals surface area contributed by atoms with Gasteiger partial charge < -0.3 is 9.88 Å². The SMILES string of the molecule is Cc1ncn(CCNC(=O)C2CCN([C@H]3CCS(=O)(=O)C3)CC2)c1C. The van der Waals surface area contributed by atoms with E-state index >= 15 is 0 Å². The molecule has 1 N–H and O–H groups in total. The summed E-state index contributed by atoms with van der Waals surface area (Å²) in [7, 11) is -2.84. The number of rotatable bonds is 5. The van der Waals surface area contributed by atoms with Crippen LogP contribution in [0.1, 0.15) is 30.7 Å². The average Bonchev–Trinajstić information content (AvgIpc) is 3.11. The number of carbonyl (C=O) groups excluding carboxylic acids is 1. The van der Waals surface area contributed by atoms with Crippen LogP contribution in [-0.2, 0) is 21.2 Å². The average molecular weight is 369 g/mol. The number of carbonyl (C=O) groups is 1. The normalized spacial score (nSPS) is 24.5. The fourth-order valence-corrected chi connectivity index (χ4v) is 5.57. The van der Waals surface area contributed by atoms with Crippen LogP contribution in [0, 0.1) is 19.8 Å². The number of amides is 1. The molecule has 1 amide bonds. The van der Waals surface area contributed by atoms with Crippen molar-refractivity contribution >= 4 is 15.7 Å². The number of piperidine rings is 1. The lowest BCUT2D eigenvalue weighted by Crippen LogP contribution is -2.45. The molecule has 0 unspecified atom stereocenters. The van der Waals surface area contributed by atoms with Crippen LogP contribution in [0.2, 0.25) is 0 Å². The summed E-state index contributed by atoms with van der Waals surface area (Å²) in [5, 5.41) is 3.03. The van der Waals surface area contributed by atoms with Gasteiger partial charge in [-0.05, 0) is 46.2 Å². The first-order chi connectivity index (χ1) is 11.9. The van der Waals surface area contributed by atoms with Crippen LogP contribution in [0.15, 0.2) is 6.33 Å². The van der Waals surface area contributed by atoms with E-state index in [0.717, 1.165) is 50.3 Å². The summed E-state index contributed by atoms with van der Waals surface area (Å²) in [6.45, 7) is 6.99. The molecule has 0 radical (unpaired) electrons. The monoisotopic (exact) mass is 368 g/mol. The lowest BCUT2D eigenvalue weighted by molar-refractivity contribution is -0.126. The number of aromatic nitrogens is 2. The van der Waals surface area contributed by atoms with E-state index in [-0.39, 0.29) is 23.6 Å². The highest BCUT2D eigenvalue weighted by atomic mass is 32.2. The number of nitrogens with one attached hydrogen (secondary N) is 1. The van der Waals surface area contributed by atoms with Crippen molar-refractivity contribution < 1.29 is 13.2 Å². The zero-order chi connectivity index (χ0) is 18.0. The summed E-state index contributed by atoms with van der Waals surface area (Å²) in [4.78, 5) is 18.9. The summed E-state index contributed by atoms with van der Waals surface area (Å²) < 4.78 is 25.3. The third-order valence-electron chi connectivity index (χ3n) is 5.62. The summed E-state index contributed by atoms with van der Waals surface area (Å²) in [5.74, 6) is 0.756. The molecule has 0 saturated carbocycles. The minimum absolute atomic E-state index is 0.0416. The van der Waals surface area contributed by atoms with Gasteiger partial charge in [0.15, 0.2) is 9.84 Å². The van der Waals surface area contributed by atoms with Crippen LogP contribution in [0.3, 0.4) is 0 Å². The van der Waals surface area contributed by atoms with Gasteiger partial charge in [-0.15, -0.1) is 0 Å². The van der Waals surface area contributed by atoms with Gasteiger partial charge in [-0.3, -0.25) is 9.69 Å². The van der Waals surface area contributed by atoms with Crippen LogP contribution >= 0.6 is 0 Å². The van der Waals surface area contributed by atoms with E-state index in [1.165, 1.54) is 0 Å². The van der Waals surface area contributed by atoms with E-state index in [9.17, 15) is 13.2 Å². The molecule has 1 atom stereocenters. The zero-order valence-corrected chi connectivity index (χ0v) is 15.9. The van der Waals surface area contributed by atoms with Crippen molar-refractivity contribution in [3.8, 4) is 0 Å². The minimum atomic E-state index is -2.84. The maximum absolute atomic E-state index is 12.4. The number of imidazole rings is 1. The van der Waals surface area contributed by atoms with Gasteiger partial charge in [-0.25, -0.2) is 13.4 Å². The van der Waals surface area contributed by atoms with Crippen molar-refractivity contribution in [2.45, 2.75) is 45.7 Å². The number of sulfone groups is 1. The molecule has 2 aliphatic rings. The van der Waals surface area contributed by atoms with Crippen LogP contribution < -0.4 is 5.32 Å². The quantitative estimate of drug-likeness (QED) is 0.819. The molecular formula is C17H28N4O3S. The van der Waals surface area contributed by atoms with E-state index in [1.54, 1.807) is 0 Å². The molecule has 2 aliphatic heterocycles. The molecule has 7 nitrogen and oxygen atoms in total. The number of hydrogen-bond acceptors (Lipinski definition) is 5. The Labute approximate surface area is 149 Å². The van der Waals surface area contributed by atoms with E-state index in [4.69, 9.17) is 0 Å². The van der Waals surface area contributed by atoms with Crippen LogP contribution in [0.5, 0.6) is 0 Å². The van der Waals surface area contributed by atoms with Crippen LogP contribution in [0.25, 0.3) is 0 Å². The number of aryl methyl sites for hydroxylation is 1. The molecule has 0 bridgehead atoms. The molecule has 140 valence electrons. The molecule has 3 heterocycles. The second-order valence-electron chi connectivity index (χ2n) is 7.27. The Hall–Kier alpha value is -1.41. The first-order valence-electron chi connectivity index (χ1n) is 9.06. The Morgan fingerprint density at radius 3 is 2.56 bits per heavy atom. The third kappa shape index (κ3) is 4.41. The summed E-state index contributed by atoms with van der Waals surface area (Å²) >= 11 is 0. The second kappa shape index (κ2) is 7.45. The van der Waals surface area contributed by atoms with E-state index in [0.29, 0.717) is 12.3 Å². The topological polar surface area (TPSA) is 84.3 Å². The molecule has 0 spiro atoms. The van der Waals surface area contributed by atoms with Crippen molar-refractivity contribution in [1.82, 2.24) is 19.8 Å². The van der Waals surface area contributed by atoms with Gasteiger partial charge in [0.1, 0.15) is 0 Å². The van der Waals surface area contributed by atoms with Crippen molar-refractivity contribution in [2.24, 2.45) is 5.92 Å². The lowest BCUT2D eigenvalue weighted by Gasteiger charge is -2.34. The first-order valence-corrected chi connectivity index (χ1v) is 10.9. The summed E-state index contributed by atoms with van der Waals surface area (Å²) in [6.07, 6.45) is 4.17. The zero-order valence-electron chi connectivity index (χ0n) is 15.1. The number of likely N-dealkylation sites (tertiary alicyclic amines) is 1. The molecule has 25 heavy (non-hydrogen) atoms. The molecule has 2 saturated heterocycles. The van der Waals surface area contributed by atoms with E-state index in [1.807, 2.05) is 20.2 Å². The van der Waals surface area contributed by atoms with Crippen molar-refractivity contribution in [3.05, 3.63) is 17.7 Å². The Morgan fingerprint density at radius 1 is 1.28 bits per heavy atom.